The van der Waals surface area contributed by atoms with Crippen molar-refractivity contribution in [2.45, 2.75) is 57.4 Å². The molecule has 2 aromatic carbocycles. The molecular formula is C35H43N3O5. The van der Waals surface area contributed by atoms with Crippen molar-refractivity contribution >= 4 is 23.4 Å². The maximum Gasteiger partial charge on any atom is 0.253 e. The number of aliphatic hydroxyl groups excluding tert-OH is 1. The fraction of sp³-hybridized carbons (Fsp3) is 0.457. The number of hydrogen-bond donors (Lipinski definition) is 1. The second kappa shape index (κ2) is 11.4. The van der Waals surface area contributed by atoms with Crippen LogP contribution in [-0.2, 0) is 19.1 Å². The number of likely N-dealkylation sites (tertiary alicyclic amines) is 1. The minimum Gasteiger partial charge on any atom is -0.394 e. The SMILES string of the molecule is C=CCN(C)C(=O)[C@H]1[C@H]2C(=O)N([C@H](CO)c3ccccc3)C(C(=O)N(CC=C)c3c(C)cccc3C)C23CC(C)[C@]1(C)O3. The molecule has 5 rings (SSSR count). The van der Waals surface area contributed by atoms with E-state index in [0.29, 0.717) is 18.5 Å². The van der Waals surface area contributed by atoms with Gasteiger partial charge in [-0.05, 0) is 49.8 Å². The van der Waals surface area contributed by atoms with Crippen LogP contribution in [0.2, 0.25) is 0 Å². The Labute approximate surface area is 254 Å². The summed E-state index contributed by atoms with van der Waals surface area (Å²) in [7, 11) is 1.70. The van der Waals surface area contributed by atoms with Gasteiger partial charge in [-0.15, -0.1) is 13.2 Å². The fourth-order valence-electron chi connectivity index (χ4n) is 8.02. The van der Waals surface area contributed by atoms with Crippen LogP contribution >= 0.6 is 0 Å². The van der Waals surface area contributed by atoms with E-state index in [-0.39, 0.29) is 30.2 Å². The topological polar surface area (TPSA) is 90.4 Å². The molecule has 3 amide bonds. The first-order valence-corrected chi connectivity index (χ1v) is 15.0. The molecule has 3 saturated heterocycles. The highest BCUT2D eigenvalue weighted by molar-refractivity contribution is 6.06. The summed E-state index contributed by atoms with van der Waals surface area (Å²) < 4.78 is 6.94. The van der Waals surface area contributed by atoms with Crippen molar-refractivity contribution in [1.29, 1.82) is 0 Å². The maximum atomic E-state index is 15.1. The van der Waals surface area contributed by atoms with E-state index in [1.54, 1.807) is 29.0 Å². The van der Waals surface area contributed by atoms with Gasteiger partial charge in [-0.1, -0.05) is 67.6 Å². The first-order valence-electron chi connectivity index (χ1n) is 15.0. The molecule has 3 aliphatic heterocycles. The number of anilines is 1. The van der Waals surface area contributed by atoms with Crippen molar-refractivity contribution in [2.75, 3.05) is 31.6 Å². The number of carbonyl (C=O) groups excluding carboxylic acids is 3. The minimum atomic E-state index is -1.25. The number of rotatable bonds is 10. The normalized spacial score (nSPS) is 29.7. The standard InChI is InChI=1S/C35H43N3O5/c1-8-18-36(7)31(40)27-28-32(41)38(26(21-39)25-16-11-10-12-17-25)30(35(28)20-24(5)34(27,6)43-35)33(42)37(19-9-2)29-22(3)14-13-15-23(29)4/h8-17,24,26-28,30,39H,1-2,18-21H2,3-7H3/t24?,26-,27-,28+,30?,34+,35?/m1/s1. The molecule has 8 heteroatoms. The summed E-state index contributed by atoms with van der Waals surface area (Å²) in [5.41, 5.74) is 1.09. The van der Waals surface area contributed by atoms with Crippen LogP contribution in [0.3, 0.4) is 0 Å². The van der Waals surface area contributed by atoms with Gasteiger partial charge in [0.15, 0.2) is 0 Å². The van der Waals surface area contributed by atoms with Crippen LogP contribution in [-0.4, -0.2) is 76.6 Å². The van der Waals surface area contributed by atoms with Crippen molar-refractivity contribution in [3.63, 3.8) is 0 Å². The molecule has 3 fully saturated rings. The molecule has 7 atom stereocenters. The van der Waals surface area contributed by atoms with E-state index in [0.717, 1.165) is 16.8 Å². The van der Waals surface area contributed by atoms with E-state index in [1.807, 2.05) is 76.2 Å². The maximum absolute atomic E-state index is 15.1. The molecule has 228 valence electrons. The van der Waals surface area contributed by atoms with Gasteiger partial charge in [0.2, 0.25) is 11.8 Å². The number of aliphatic hydroxyl groups is 1. The highest BCUT2D eigenvalue weighted by atomic mass is 16.5. The molecule has 1 spiro atoms. The van der Waals surface area contributed by atoms with Gasteiger partial charge in [0.25, 0.3) is 5.91 Å². The van der Waals surface area contributed by atoms with Crippen molar-refractivity contribution in [2.24, 2.45) is 17.8 Å². The van der Waals surface area contributed by atoms with Crippen molar-refractivity contribution in [3.8, 4) is 0 Å². The summed E-state index contributed by atoms with van der Waals surface area (Å²) >= 11 is 0. The summed E-state index contributed by atoms with van der Waals surface area (Å²) in [4.78, 5) is 48.8. The Kier molecular flexibility index (Phi) is 8.13. The molecule has 0 saturated carbocycles. The lowest BCUT2D eigenvalue weighted by atomic mass is 9.62. The summed E-state index contributed by atoms with van der Waals surface area (Å²) in [5, 5.41) is 10.8. The number of para-hydroxylation sites is 1. The third-order valence-electron chi connectivity index (χ3n) is 10.0. The van der Waals surface area contributed by atoms with Crippen LogP contribution in [0.25, 0.3) is 0 Å². The van der Waals surface area contributed by atoms with Gasteiger partial charge < -0.3 is 24.5 Å². The van der Waals surface area contributed by atoms with E-state index in [2.05, 4.69) is 13.2 Å². The van der Waals surface area contributed by atoms with Crippen molar-refractivity contribution in [1.82, 2.24) is 9.80 Å². The number of nitrogens with zero attached hydrogens (tertiary/aromatic N) is 3. The Bertz CT molecular complexity index is 1420. The first-order chi connectivity index (χ1) is 20.5. The van der Waals surface area contributed by atoms with E-state index in [9.17, 15) is 14.7 Å². The molecule has 2 bridgehead atoms. The van der Waals surface area contributed by atoms with Crippen LogP contribution < -0.4 is 4.90 Å². The number of likely N-dealkylation sites (N-methyl/N-ethyl adjacent to an activating group) is 1. The lowest BCUT2D eigenvalue weighted by Crippen LogP contribution is -2.58. The molecule has 0 aromatic heterocycles. The van der Waals surface area contributed by atoms with Crippen LogP contribution in [0.1, 0.15) is 43.0 Å². The second-order valence-corrected chi connectivity index (χ2v) is 12.5. The number of hydrogen-bond acceptors (Lipinski definition) is 5. The Morgan fingerprint density at radius 1 is 1.07 bits per heavy atom. The summed E-state index contributed by atoms with van der Waals surface area (Å²) in [6, 6.07) is 13.2. The Balaban J connectivity index is 1.72. The first kappa shape index (κ1) is 30.7. The second-order valence-electron chi connectivity index (χ2n) is 12.5. The molecule has 0 radical (unpaired) electrons. The predicted octanol–water partition coefficient (Wildman–Crippen LogP) is 4.21. The lowest BCUT2D eigenvalue weighted by Gasteiger charge is -2.40. The third-order valence-corrected chi connectivity index (χ3v) is 10.0. The molecule has 2 aromatic rings. The van der Waals surface area contributed by atoms with Gasteiger partial charge in [0.05, 0.1) is 30.1 Å². The van der Waals surface area contributed by atoms with Gasteiger partial charge in [0.1, 0.15) is 11.6 Å². The molecule has 3 aliphatic rings. The number of fused-ring (bicyclic) bond motifs is 1. The Morgan fingerprint density at radius 2 is 1.70 bits per heavy atom. The Morgan fingerprint density at radius 3 is 2.28 bits per heavy atom. The van der Waals surface area contributed by atoms with Gasteiger partial charge in [-0.25, -0.2) is 0 Å². The fourth-order valence-corrected chi connectivity index (χ4v) is 8.02. The van der Waals surface area contributed by atoms with Gasteiger partial charge in [0, 0.05) is 25.8 Å². The zero-order valence-electron chi connectivity index (χ0n) is 25.8. The highest BCUT2D eigenvalue weighted by Gasteiger charge is 2.80. The quantitative estimate of drug-likeness (QED) is 0.422. The van der Waals surface area contributed by atoms with E-state index in [4.69, 9.17) is 4.74 Å². The van der Waals surface area contributed by atoms with Crippen LogP contribution in [0.5, 0.6) is 0 Å². The average Bonchev–Trinajstić information content (AvgIpc) is 3.49. The molecule has 1 N–H and O–H groups in total. The summed E-state index contributed by atoms with van der Waals surface area (Å²) in [6.45, 7) is 15.7. The smallest absolute Gasteiger partial charge is 0.253 e. The largest absolute Gasteiger partial charge is 0.394 e. The predicted molar refractivity (Wildman–Crippen MR) is 166 cm³/mol. The van der Waals surface area contributed by atoms with E-state index in [1.165, 1.54) is 4.90 Å². The zero-order chi connectivity index (χ0) is 31.3. The highest BCUT2D eigenvalue weighted by Crippen LogP contribution is 2.66. The summed E-state index contributed by atoms with van der Waals surface area (Å²) in [5.74, 6) is -2.65. The van der Waals surface area contributed by atoms with Gasteiger partial charge in [-0.2, -0.15) is 0 Å². The molecule has 3 heterocycles. The number of carbonyl (C=O) groups is 3. The monoisotopic (exact) mass is 585 g/mol. The molecule has 0 aliphatic carbocycles. The number of ether oxygens (including phenoxy) is 1. The zero-order valence-corrected chi connectivity index (χ0v) is 25.8. The van der Waals surface area contributed by atoms with Crippen LogP contribution in [0.15, 0.2) is 73.8 Å². The minimum absolute atomic E-state index is 0.102. The van der Waals surface area contributed by atoms with E-state index >= 15 is 4.79 Å². The molecule has 8 nitrogen and oxygen atoms in total. The van der Waals surface area contributed by atoms with E-state index < -0.39 is 41.7 Å². The van der Waals surface area contributed by atoms with Gasteiger partial charge in [-0.3, -0.25) is 14.4 Å². The number of aryl methyl sites for hydroxylation is 2. The summed E-state index contributed by atoms with van der Waals surface area (Å²) in [6.07, 6.45) is 3.76. The average molecular weight is 586 g/mol. The van der Waals surface area contributed by atoms with Crippen molar-refractivity contribution < 1.29 is 24.2 Å². The molecule has 3 unspecified atom stereocenters. The number of amides is 3. The Hall–Kier alpha value is -3.75. The van der Waals surface area contributed by atoms with Gasteiger partial charge >= 0.3 is 0 Å². The lowest BCUT2D eigenvalue weighted by molar-refractivity contribution is -0.153. The van der Waals surface area contributed by atoms with Crippen LogP contribution in [0.4, 0.5) is 5.69 Å². The molecule has 43 heavy (non-hydrogen) atoms. The molecular weight excluding hydrogens is 542 g/mol. The number of benzene rings is 2. The van der Waals surface area contributed by atoms with Crippen molar-refractivity contribution in [3.05, 3.63) is 90.5 Å². The third kappa shape index (κ3) is 4.54. The van der Waals surface area contributed by atoms with Crippen LogP contribution in [0, 0.1) is 31.6 Å².